The van der Waals surface area contributed by atoms with Crippen LogP contribution in [-0.2, 0) is 9.59 Å². The molecular formula is C9H20N2O5S. The molecule has 102 valence electrons. The van der Waals surface area contributed by atoms with Crippen LogP contribution in [0.5, 0.6) is 0 Å². The van der Waals surface area contributed by atoms with Crippen molar-refractivity contribution in [2.24, 2.45) is 5.92 Å². The molecule has 0 fully saturated rings. The largest absolute Gasteiger partial charge is 0.480 e. The Labute approximate surface area is 106 Å². The Morgan fingerprint density at radius 3 is 1.71 bits per heavy atom. The fraction of sp³-hybridized carbons (Fsp3) is 0.778. The molecule has 0 spiro atoms. The maximum absolute atomic E-state index is 10.2. The summed E-state index contributed by atoms with van der Waals surface area (Å²) in [6.07, 6.45) is 0.436. The minimum atomic E-state index is -1.02. The standard InChI is InChI=1S/C6H13NO3.C3H7NO2S/c1-4(2)3-5(7-10)6(8)9;1-2(4-7)3(5)6/h4-5,7,10H,3H2,1-2H3,(H,8,9);2,4,7H,1H3,(H,5,6)/t5-;2-/m00/s1. The van der Waals surface area contributed by atoms with Gasteiger partial charge in [-0.25, -0.2) is 0 Å². The number of aliphatic carboxylic acids is 2. The van der Waals surface area contributed by atoms with E-state index in [4.69, 9.17) is 15.4 Å². The molecule has 0 rings (SSSR count). The number of carboxylic acid groups (broad SMARTS) is 2. The monoisotopic (exact) mass is 268 g/mol. The highest BCUT2D eigenvalue weighted by Crippen LogP contribution is 2.03. The molecule has 7 nitrogen and oxygen atoms in total. The third kappa shape index (κ3) is 11.4. The topological polar surface area (TPSA) is 119 Å². The summed E-state index contributed by atoms with van der Waals surface area (Å²) in [5.74, 6) is -1.65. The molecule has 0 aromatic carbocycles. The van der Waals surface area contributed by atoms with Crippen LogP contribution in [0.2, 0.25) is 0 Å². The fourth-order valence-corrected chi connectivity index (χ4v) is 0.846. The van der Waals surface area contributed by atoms with Gasteiger partial charge in [-0.1, -0.05) is 26.7 Å². The van der Waals surface area contributed by atoms with E-state index in [2.05, 4.69) is 17.5 Å². The molecule has 0 radical (unpaired) electrons. The van der Waals surface area contributed by atoms with Crippen LogP contribution >= 0.6 is 12.8 Å². The highest BCUT2D eigenvalue weighted by Gasteiger charge is 2.16. The molecular weight excluding hydrogens is 248 g/mol. The Morgan fingerprint density at radius 2 is 1.65 bits per heavy atom. The van der Waals surface area contributed by atoms with Crippen LogP contribution < -0.4 is 10.2 Å². The van der Waals surface area contributed by atoms with E-state index in [1.54, 1.807) is 5.48 Å². The predicted molar refractivity (Wildman–Crippen MR) is 65.0 cm³/mol. The molecule has 0 amide bonds. The smallest absolute Gasteiger partial charge is 0.323 e. The molecule has 2 atom stereocenters. The Bertz CT molecular complexity index is 237. The van der Waals surface area contributed by atoms with E-state index in [0.29, 0.717) is 6.42 Å². The van der Waals surface area contributed by atoms with Crippen LogP contribution in [0.4, 0.5) is 0 Å². The fourth-order valence-electron chi connectivity index (χ4n) is 0.735. The number of rotatable bonds is 6. The Balaban J connectivity index is 0. The summed E-state index contributed by atoms with van der Waals surface area (Å²) in [7, 11) is 0. The summed E-state index contributed by atoms with van der Waals surface area (Å²) in [5, 5.41) is 24.8. The van der Waals surface area contributed by atoms with Gasteiger partial charge in [-0.2, -0.15) is 5.48 Å². The number of carbonyl (C=O) groups is 2. The lowest BCUT2D eigenvalue weighted by Crippen LogP contribution is -2.35. The minimum Gasteiger partial charge on any atom is -0.480 e. The zero-order chi connectivity index (χ0) is 14.0. The van der Waals surface area contributed by atoms with Crippen molar-refractivity contribution in [3.63, 3.8) is 0 Å². The van der Waals surface area contributed by atoms with E-state index in [0.717, 1.165) is 0 Å². The van der Waals surface area contributed by atoms with E-state index >= 15 is 0 Å². The first-order chi connectivity index (χ1) is 7.76. The second-order valence-corrected chi connectivity index (χ2v) is 4.10. The van der Waals surface area contributed by atoms with Crippen molar-refractivity contribution < 1.29 is 25.0 Å². The summed E-state index contributed by atoms with van der Waals surface area (Å²) in [6.45, 7) is 5.30. The van der Waals surface area contributed by atoms with Crippen molar-refractivity contribution in [1.29, 1.82) is 0 Å². The van der Waals surface area contributed by atoms with Crippen LogP contribution in [0.1, 0.15) is 27.2 Å². The number of hydrogen-bond donors (Lipinski definition) is 6. The van der Waals surface area contributed by atoms with Crippen LogP contribution in [0.25, 0.3) is 0 Å². The first-order valence-corrected chi connectivity index (χ1v) is 5.45. The van der Waals surface area contributed by atoms with Gasteiger partial charge in [-0.3, -0.25) is 14.3 Å². The molecule has 0 aromatic heterocycles. The molecule has 0 bridgehead atoms. The second kappa shape index (κ2) is 10.3. The molecule has 5 N–H and O–H groups in total. The summed E-state index contributed by atoms with van der Waals surface area (Å²) >= 11 is 3.52. The van der Waals surface area contributed by atoms with Crippen LogP contribution in [0.3, 0.4) is 0 Å². The summed E-state index contributed by atoms with van der Waals surface area (Å²) in [5.41, 5.74) is 1.73. The lowest BCUT2D eigenvalue weighted by Gasteiger charge is -2.11. The van der Waals surface area contributed by atoms with E-state index in [9.17, 15) is 9.59 Å². The van der Waals surface area contributed by atoms with Crippen molar-refractivity contribution in [3.8, 4) is 0 Å². The zero-order valence-corrected chi connectivity index (χ0v) is 10.9. The van der Waals surface area contributed by atoms with E-state index in [1.807, 2.05) is 13.8 Å². The Morgan fingerprint density at radius 1 is 1.18 bits per heavy atom. The zero-order valence-electron chi connectivity index (χ0n) is 10.0. The van der Waals surface area contributed by atoms with Gasteiger partial charge >= 0.3 is 11.9 Å². The van der Waals surface area contributed by atoms with Crippen molar-refractivity contribution >= 4 is 24.8 Å². The maximum Gasteiger partial charge on any atom is 0.323 e. The number of hydroxylamine groups is 1. The van der Waals surface area contributed by atoms with Gasteiger partial charge in [0.25, 0.3) is 0 Å². The molecule has 0 heterocycles. The Hall–Kier alpha value is -0.830. The number of nitrogens with one attached hydrogen (secondary N) is 2. The van der Waals surface area contributed by atoms with E-state index < -0.39 is 24.0 Å². The highest BCUT2D eigenvalue weighted by molar-refractivity contribution is 7.78. The molecule has 0 aliphatic rings. The molecule has 0 saturated heterocycles. The number of carboxylic acids is 2. The van der Waals surface area contributed by atoms with Crippen LogP contribution in [0.15, 0.2) is 0 Å². The summed E-state index contributed by atoms with van der Waals surface area (Å²) in [6, 6.07) is -1.40. The number of hydrogen-bond acceptors (Lipinski definition) is 6. The van der Waals surface area contributed by atoms with Gasteiger partial charge in [0.05, 0.1) is 0 Å². The van der Waals surface area contributed by atoms with Crippen molar-refractivity contribution in [2.45, 2.75) is 39.3 Å². The minimum absolute atomic E-state index is 0.265. The first-order valence-electron chi connectivity index (χ1n) is 5.01. The third-order valence-corrected chi connectivity index (χ3v) is 2.11. The highest BCUT2D eigenvalue weighted by atomic mass is 32.1. The summed E-state index contributed by atoms with van der Waals surface area (Å²) < 4.78 is 2.26. The lowest BCUT2D eigenvalue weighted by atomic mass is 10.1. The molecule has 8 heteroatoms. The molecule has 17 heavy (non-hydrogen) atoms. The predicted octanol–water partition coefficient (Wildman–Crippen LogP) is 0.358. The van der Waals surface area contributed by atoms with Crippen LogP contribution in [0, 0.1) is 5.92 Å². The van der Waals surface area contributed by atoms with Gasteiger partial charge in [-0.15, -0.1) is 0 Å². The number of thiol groups is 1. The Kier molecular flexibility index (Phi) is 11.3. The molecule has 0 aliphatic carbocycles. The van der Waals surface area contributed by atoms with Gasteiger partial charge in [0, 0.05) is 0 Å². The molecule has 0 aromatic rings. The van der Waals surface area contributed by atoms with Crippen LogP contribution in [-0.4, -0.2) is 39.4 Å². The summed E-state index contributed by atoms with van der Waals surface area (Å²) in [4.78, 5) is 20.1. The van der Waals surface area contributed by atoms with E-state index in [1.165, 1.54) is 6.92 Å². The van der Waals surface area contributed by atoms with E-state index in [-0.39, 0.29) is 5.92 Å². The van der Waals surface area contributed by atoms with Gasteiger partial charge in [0.2, 0.25) is 0 Å². The average Bonchev–Trinajstić information content (AvgIpc) is 2.24. The molecule has 0 aliphatic heterocycles. The molecule has 0 saturated carbocycles. The first kappa shape index (κ1) is 18.5. The maximum atomic E-state index is 10.2. The van der Waals surface area contributed by atoms with Crippen molar-refractivity contribution in [2.75, 3.05) is 0 Å². The quantitative estimate of drug-likeness (QED) is 0.304. The SMILES string of the molecule is CC(C)C[C@H](NO)C(=O)O.C[C@H](NS)C(=O)O. The third-order valence-electron chi connectivity index (χ3n) is 1.73. The lowest BCUT2D eigenvalue weighted by molar-refractivity contribution is -0.143. The van der Waals surface area contributed by atoms with Gasteiger partial charge < -0.3 is 15.4 Å². The second-order valence-electron chi connectivity index (χ2n) is 3.84. The van der Waals surface area contributed by atoms with Gasteiger partial charge in [0.15, 0.2) is 0 Å². The van der Waals surface area contributed by atoms with Crippen molar-refractivity contribution in [3.05, 3.63) is 0 Å². The van der Waals surface area contributed by atoms with Gasteiger partial charge in [0.1, 0.15) is 12.1 Å². The average molecular weight is 268 g/mol. The van der Waals surface area contributed by atoms with Crippen molar-refractivity contribution in [1.82, 2.24) is 10.2 Å². The normalized spacial score (nSPS) is 13.5. The molecule has 0 unspecified atom stereocenters. The van der Waals surface area contributed by atoms with Gasteiger partial charge in [-0.05, 0) is 19.3 Å².